The van der Waals surface area contributed by atoms with E-state index in [9.17, 15) is 5.11 Å². The summed E-state index contributed by atoms with van der Waals surface area (Å²) in [5.41, 5.74) is 0. The molecule has 1 saturated carbocycles. The molecule has 3 nitrogen and oxygen atoms in total. The Morgan fingerprint density at radius 1 is 1.13 bits per heavy atom. The first-order valence-electron chi connectivity index (χ1n) is 6.35. The van der Waals surface area contributed by atoms with E-state index in [1.807, 2.05) is 0 Å². The van der Waals surface area contributed by atoms with Crippen molar-refractivity contribution in [1.29, 1.82) is 0 Å². The maximum absolute atomic E-state index is 9.54. The lowest BCUT2D eigenvalue weighted by Gasteiger charge is -2.26. The second-order valence-electron chi connectivity index (χ2n) is 4.98. The van der Waals surface area contributed by atoms with Crippen LogP contribution in [0, 0.1) is 5.92 Å². The zero-order valence-electron chi connectivity index (χ0n) is 9.45. The van der Waals surface area contributed by atoms with E-state index in [4.69, 9.17) is 4.74 Å². The van der Waals surface area contributed by atoms with Crippen LogP contribution in [0.3, 0.4) is 0 Å². The minimum Gasteiger partial charge on any atom is -0.393 e. The molecule has 2 aliphatic rings. The minimum absolute atomic E-state index is 0.0479. The lowest BCUT2D eigenvalue weighted by atomic mass is 9.87. The van der Waals surface area contributed by atoms with Crippen LogP contribution in [0.1, 0.15) is 38.5 Å². The van der Waals surface area contributed by atoms with Crippen LogP contribution in [0.4, 0.5) is 0 Å². The third-order valence-corrected chi connectivity index (χ3v) is 3.58. The van der Waals surface area contributed by atoms with Crippen LogP contribution in [0.5, 0.6) is 0 Å². The van der Waals surface area contributed by atoms with Gasteiger partial charge >= 0.3 is 0 Å². The SMILES string of the molecule is OC1CCCC(CNCC2CCCO2)C1. The minimum atomic E-state index is -0.0479. The van der Waals surface area contributed by atoms with Gasteiger partial charge in [0.2, 0.25) is 0 Å². The quantitative estimate of drug-likeness (QED) is 0.740. The summed E-state index contributed by atoms with van der Waals surface area (Å²) in [6, 6.07) is 0. The van der Waals surface area contributed by atoms with Crippen LogP contribution >= 0.6 is 0 Å². The lowest BCUT2D eigenvalue weighted by molar-refractivity contribution is 0.0921. The van der Waals surface area contributed by atoms with Crippen LogP contribution in [0.25, 0.3) is 0 Å². The largest absolute Gasteiger partial charge is 0.393 e. The van der Waals surface area contributed by atoms with Gasteiger partial charge in [-0.05, 0) is 44.6 Å². The fourth-order valence-corrected chi connectivity index (χ4v) is 2.70. The van der Waals surface area contributed by atoms with E-state index in [1.165, 1.54) is 25.7 Å². The Bertz CT molecular complexity index is 180. The number of aliphatic hydroxyl groups excluding tert-OH is 1. The van der Waals surface area contributed by atoms with Crippen LogP contribution in [0.15, 0.2) is 0 Å². The van der Waals surface area contributed by atoms with E-state index in [2.05, 4.69) is 5.32 Å². The van der Waals surface area contributed by atoms with Gasteiger partial charge in [-0.1, -0.05) is 6.42 Å². The average molecular weight is 213 g/mol. The highest BCUT2D eigenvalue weighted by molar-refractivity contribution is 4.75. The van der Waals surface area contributed by atoms with E-state index < -0.39 is 0 Å². The summed E-state index contributed by atoms with van der Waals surface area (Å²) < 4.78 is 5.55. The summed E-state index contributed by atoms with van der Waals surface area (Å²) in [4.78, 5) is 0. The molecule has 15 heavy (non-hydrogen) atoms. The van der Waals surface area contributed by atoms with Gasteiger partial charge in [-0.15, -0.1) is 0 Å². The predicted molar refractivity (Wildman–Crippen MR) is 59.8 cm³/mol. The molecule has 0 radical (unpaired) electrons. The molecule has 88 valence electrons. The summed E-state index contributed by atoms with van der Waals surface area (Å²) in [5, 5.41) is 13.0. The number of nitrogens with one attached hydrogen (secondary N) is 1. The molecule has 1 aliphatic carbocycles. The van der Waals surface area contributed by atoms with Crippen molar-refractivity contribution in [3.05, 3.63) is 0 Å². The molecule has 2 rings (SSSR count). The Morgan fingerprint density at radius 3 is 2.80 bits per heavy atom. The van der Waals surface area contributed by atoms with Crippen molar-refractivity contribution in [3.63, 3.8) is 0 Å². The van der Waals surface area contributed by atoms with Crippen LogP contribution in [-0.2, 0) is 4.74 Å². The Morgan fingerprint density at radius 2 is 2.07 bits per heavy atom. The molecular weight excluding hydrogens is 190 g/mol. The maximum atomic E-state index is 9.54. The first kappa shape index (κ1) is 11.4. The van der Waals surface area contributed by atoms with Crippen molar-refractivity contribution >= 4 is 0 Å². The molecule has 0 aromatic rings. The fourth-order valence-electron chi connectivity index (χ4n) is 2.70. The third kappa shape index (κ3) is 3.74. The van der Waals surface area contributed by atoms with Gasteiger partial charge in [0.05, 0.1) is 12.2 Å². The number of aliphatic hydroxyl groups is 1. The summed E-state index contributed by atoms with van der Waals surface area (Å²) in [6.45, 7) is 2.98. The molecule has 0 amide bonds. The van der Waals surface area contributed by atoms with Crippen molar-refractivity contribution in [2.45, 2.75) is 50.7 Å². The van der Waals surface area contributed by atoms with Crippen molar-refractivity contribution < 1.29 is 9.84 Å². The average Bonchev–Trinajstić information content (AvgIpc) is 2.71. The van der Waals surface area contributed by atoms with Crippen molar-refractivity contribution in [2.75, 3.05) is 19.7 Å². The molecule has 0 spiro atoms. The molecule has 2 fully saturated rings. The highest BCUT2D eigenvalue weighted by atomic mass is 16.5. The molecule has 1 heterocycles. The molecule has 2 N–H and O–H groups in total. The van der Waals surface area contributed by atoms with Gasteiger partial charge in [-0.25, -0.2) is 0 Å². The second kappa shape index (κ2) is 5.83. The molecule has 1 saturated heterocycles. The Hall–Kier alpha value is -0.120. The summed E-state index contributed by atoms with van der Waals surface area (Å²) in [6.07, 6.45) is 7.27. The van der Waals surface area contributed by atoms with Gasteiger partial charge in [-0.2, -0.15) is 0 Å². The number of hydrogen-bond acceptors (Lipinski definition) is 3. The molecule has 0 aromatic carbocycles. The highest BCUT2D eigenvalue weighted by Gasteiger charge is 2.20. The van der Waals surface area contributed by atoms with Gasteiger partial charge in [-0.3, -0.25) is 0 Å². The van der Waals surface area contributed by atoms with Gasteiger partial charge in [0.15, 0.2) is 0 Å². The zero-order chi connectivity index (χ0) is 10.5. The van der Waals surface area contributed by atoms with Gasteiger partial charge in [0, 0.05) is 13.2 Å². The zero-order valence-corrected chi connectivity index (χ0v) is 9.45. The Labute approximate surface area is 92.2 Å². The standard InChI is InChI=1S/C12H23NO2/c14-11-4-1-3-10(7-11)8-13-9-12-5-2-6-15-12/h10-14H,1-9H2. The Balaban J connectivity index is 1.56. The monoisotopic (exact) mass is 213 g/mol. The topological polar surface area (TPSA) is 41.5 Å². The molecule has 0 bridgehead atoms. The van der Waals surface area contributed by atoms with Gasteiger partial charge in [0.1, 0.15) is 0 Å². The van der Waals surface area contributed by atoms with E-state index in [-0.39, 0.29) is 6.10 Å². The maximum Gasteiger partial charge on any atom is 0.0700 e. The van der Waals surface area contributed by atoms with Crippen molar-refractivity contribution in [2.24, 2.45) is 5.92 Å². The van der Waals surface area contributed by atoms with E-state index in [0.29, 0.717) is 12.0 Å². The van der Waals surface area contributed by atoms with Crippen LogP contribution in [0.2, 0.25) is 0 Å². The molecule has 3 unspecified atom stereocenters. The molecule has 3 atom stereocenters. The third-order valence-electron chi connectivity index (χ3n) is 3.58. The second-order valence-corrected chi connectivity index (χ2v) is 4.98. The summed E-state index contributed by atoms with van der Waals surface area (Å²) in [7, 11) is 0. The predicted octanol–water partition coefficient (Wildman–Crippen LogP) is 1.31. The number of rotatable bonds is 4. The number of hydrogen-bond donors (Lipinski definition) is 2. The number of ether oxygens (including phenoxy) is 1. The molecular formula is C12H23NO2. The fraction of sp³-hybridized carbons (Fsp3) is 1.00. The molecule has 0 aromatic heterocycles. The van der Waals surface area contributed by atoms with Crippen LogP contribution in [-0.4, -0.2) is 37.0 Å². The van der Waals surface area contributed by atoms with E-state index in [0.717, 1.165) is 32.5 Å². The lowest BCUT2D eigenvalue weighted by Crippen LogP contribution is -2.33. The van der Waals surface area contributed by atoms with Gasteiger partial charge < -0.3 is 15.2 Å². The van der Waals surface area contributed by atoms with Crippen LogP contribution < -0.4 is 5.32 Å². The van der Waals surface area contributed by atoms with E-state index >= 15 is 0 Å². The normalized spacial score (nSPS) is 37.0. The first-order chi connectivity index (χ1) is 7.34. The summed E-state index contributed by atoms with van der Waals surface area (Å²) >= 11 is 0. The van der Waals surface area contributed by atoms with E-state index in [1.54, 1.807) is 0 Å². The van der Waals surface area contributed by atoms with Gasteiger partial charge in [0.25, 0.3) is 0 Å². The molecule has 3 heteroatoms. The van der Waals surface area contributed by atoms with Crippen molar-refractivity contribution in [3.8, 4) is 0 Å². The Kier molecular flexibility index (Phi) is 4.42. The molecule has 1 aliphatic heterocycles. The smallest absolute Gasteiger partial charge is 0.0700 e. The highest BCUT2D eigenvalue weighted by Crippen LogP contribution is 2.23. The van der Waals surface area contributed by atoms with Crippen molar-refractivity contribution in [1.82, 2.24) is 5.32 Å². The first-order valence-corrected chi connectivity index (χ1v) is 6.35. The summed E-state index contributed by atoms with van der Waals surface area (Å²) in [5.74, 6) is 0.676.